The van der Waals surface area contributed by atoms with Gasteiger partial charge in [0.25, 0.3) is 0 Å². The van der Waals surface area contributed by atoms with Crippen molar-refractivity contribution in [2.45, 2.75) is 32.7 Å². The summed E-state index contributed by atoms with van der Waals surface area (Å²) in [7, 11) is 3.38. The smallest absolute Gasteiger partial charge is 0.171 e. The van der Waals surface area contributed by atoms with Gasteiger partial charge in [0.15, 0.2) is 5.11 Å². The van der Waals surface area contributed by atoms with Crippen molar-refractivity contribution in [3.05, 3.63) is 53.6 Å². The van der Waals surface area contributed by atoms with Crippen LogP contribution in [-0.4, -0.2) is 25.4 Å². The fraction of sp³-hybridized carbons (Fsp3) is 0.350. The Morgan fingerprint density at radius 1 is 1.08 bits per heavy atom. The lowest BCUT2D eigenvalue weighted by Crippen LogP contribution is -2.38. The molecule has 0 amide bonds. The molecule has 1 atom stereocenters. The molecule has 25 heavy (non-hydrogen) atoms. The maximum absolute atomic E-state index is 5.54. The molecular formula is C20H26N2O2S. The third-order valence-electron chi connectivity index (χ3n) is 4.12. The van der Waals surface area contributed by atoms with Crippen LogP contribution < -0.4 is 20.1 Å². The first kappa shape index (κ1) is 19.1. The van der Waals surface area contributed by atoms with Gasteiger partial charge in [-0.25, -0.2) is 0 Å². The fourth-order valence-electron chi connectivity index (χ4n) is 2.71. The molecule has 0 spiro atoms. The van der Waals surface area contributed by atoms with Crippen molar-refractivity contribution in [2.75, 3.05) is 19.5 Å². The number of rotatable bonds is 7. The second-order valence-corrected chi connectivity index (χ2v) is 6.32. The van der Waals surface area contributed by atoms with Gasteiger partial charge in [0.1, 0.15) is 11.5 Å². The summed E-state index contributed by atoms with van der Waals surface area (Å²) in [5.41, 5.74) is 3.14. The van der Waals surface area contributed by atoms with Gasteiger partial charge < -0.3 is 20.1 Å². The van der Waals surface area contributed by atoms with E-state index in [1.165, 1.54) is 0 Å². The van der Waals surface area contributed by atoms with Crippen LogP contribution in [0.2, 0.25) is 0 Å². The zero-order valence-electron chi connectivity index (χ0n) is 15.3. The van der Waals surface area contributed by atoms with E-state index < -0.39 is 0 Å². The zero-order chi connectivity index (χ0) is 18.2. The number of methoxy groups -OCH3 is 2. The average molecular weight is 359 g/mol. The van der Waals surface area contributed by atoms with E-state index in [0.29, 0.717) is 5.11 Å². The third kappa shape index (κ3) is 5.36. The highest BCUT2D eigenvalue weighted by molar-refractivity contribution is 7.80. The van der Waals surface area contributed by atoms with Gasteiger partial charge >= 0.3 is 0 Å². The molecule has 2 aromatic rings. The van der Waals surface area contributed by atoms with E-state index in [2.05, 4.69) is 17.6 Å². The Morgan fingerprint density at radius 2 is 1.76 bits per heavy atom. The number of hydrogen-bond acceptors (Lipinski definition) is 3. The standard InChI is InChI=1S/C20H26N2O2S/c1-5-16(21-20(25)22-17-9-7-6-8-10-17)12-15-13-18(23-3)14(2)11-19(15)24-4/h6-11,13,16H,5,12H2,1-4H3,(H2,21,22,25)/t16-/m0/s1. The van der Waals surface area contributed by atoms with Gasteiger partial charge in [-0.05, 0) is 67.4 Å². The first-order chi connectivity index (χ1) is 12.1. The maximum atomic E-state index is 5.54. The third-order valence-corrected chi connectivity index (χ3v) is 4.34. The first-order valence-electron chi connectivity index (χ1n) is 8.41. The topological polar surface area (TPSA) is 42.5 Å². The van der Waals surface area contributed by atoms with Crippen LogP contribution in [0.5, 0.6) is 11.5 Å². The predicted molar refractivity (Wildman–Crippen MR) is 108 cm³/mol. The molecule has 0 aromatic heterocycles. The second kappa shape index (κ2) is 9.28. The Balaban J connectivity index is 2.07. The Labute approximate surface area is 155 Å². The highest BCUT2D eigenvalue weighted by Gasteiger charge is 2.15. The summed E-state index contributed by atoms with van der Waals surface area (Å²) in [6.07, 6.45) is 1.74. The van der Waals surface area contributed by atoms with Crippen LogP contribution in [0.15, 0.2) is 42.5 Å². The van der Waals surface area contributed by atoms with E-state index in [4.69, 9.17) is 21.7 Å². The number of anilines is 1. The molecule has 2 rings (SSSR count). The van der Waals surface area contributed by atoms with Gasteiger partial charge in [-0.1, -0.05) is 25.1 Å². The monoisotopic (exact) mass is 358 g/mol. The van der Waals surface area contributed by atoms with E-state index in [1.54, 1.807) is 14.2 Å². The molecule has 0 fully saturated rings. The van der Waals surface area contributed by atoms with Gasteiger partial charge in [-0.3, -0.25) is 0 Å². The van der Waals surface area contributed by atoms with Gasteiger partial charge in [0.05, 0.1) is 14.2 Å². The van der Waals surface area contributed by atoms with Crippen molar-refractivity contribution in [2.24, 2.45) is 0 Å². The molecule has 0 aliphatic heterocycles. The van der Waals surface area contributed by atoms with Crippen molar-refractivity contribution in [3.8, 4) is 11.5 Å². The molecule has 0 saturated heterocycles. The summed E-state index contributed by atoms with van der Waals surface area (Å²) in [5.74, 6) is 1.75. The molecule has 5 heteroatoms. The van der Waals surface area contributed by atoms with Crippen LogP contribution >= 0.6 is 12.2 Å². The van der Waals surface area contributed by atoms with Gasteiger partial charge in [-0.2, -0.15) is 0 Å². The van der Waals surface area contributed by atoms with Crippen LogP contribution in [-0.2, 0) is 6.42 Å². The summed E-state index contributed by atoms with van der Waals surface area (Å²) in [6.45, 7) is 4.15. The molecule has 134 valence electrons. The zero-order valence-corrected chi connectivity index (χ0v) is 16.1. The van der Waals surface area contributed by atoms with E-state index in [-0.39, 0.29) is 6.04 Å². The Hall–Kier alpha value is -2.27. The average Bonchev–Trinajstić information content (AvgIpc) is 2.62. The highest BCUT2D eigenvalue weighted by Crippen LogP contribution is 2.29. The number of para-hydroxylation sites is 1. The molecule has 0 bridgehead atoms. The molecule has 0 radical (unpaired) electrons. The van der Waals surface area contributed by atoms with Crippen molar-refractivity contribution in [3.63, 3.8) is 0 Å². The van der Waals surface area contributed by atoms with Crippen molar-refractivity contribution in [1.82, 2.24) is 5.32 Å². The predicted octanol–water partition coefficient (Wildman–Crippen LogP) is 4.32. The summed E-state index contributed by atoms with van der Waals surface area (Å²) >= 11 is 5.45. The van der Waals surface area contributed by atoms with E-state index in [1.807, 2.05) is 49.4 Å². The number of nitrogens with one attached hydrogen (secondary N) is 2. The molecule has 0 aliphatic carbocycles. The number of thiocarbonyl (C=S) groups is 1. The second-order valence-electron chi connectivity index (χ2n) is 5.91. The molecule has 0 unspecified atom stereocenters. The minimum Gasteiger partial charge on any atom is -0.496 e. The number of aryl methyl sites for hydroxylation is 1. The normalized spacial score (nSPS) is 11.5. The minimum absolute atomic E-state index is 0.199. The van der Waals surface area contributed by atoms with Gasteiger partial charge in [0.2, 0.25) is 0 Å². The van der Waals surface area contributed by atoms with E-state index >= 15 is 0 Å². The first-order valence-corrected chi connectivity index (χ1v) is 8.82. The summed E-state index contributed by atoms with van der Waals surface area (Å²) < 4.78 is 11.0. The van der Waals surface area contributed by atoms with Gasteiger partial charge in [0, 0.05) is 11.7 Å². The molecule has 2 N–H and O–H groups in total. The lowest BCUT2D eigenvalue weighted by atomic mass is 10.0. The van der Waals surface area contributed by atoms with Crippen LogP contribution in [0.1, 0.15) is 24.5 Å². The molecule has 4 nitrogen and oxygen atoms in total. The van der Waals surface area contributed by atoms with Crippen LogP contribution in [0.4, 0.5) is 5.69 Å². The van der Waals surface area contributed by atoms with Crippen LogP contribution in [0, 0.1) is 6.92 Å². The molecule has 0 aliphatic rings. The number of benzene rings is 2. The van der Waals surface area contributed by atoms with Crippen molar-refractivity contribution < 1.29 is 9.47 Å². The lowest BCUT2D eigenvalue weighted by Gasteiger charge is -2.21. The lowest BCUT2D eigenvalue weighted by molar-refractivity contribution is 0.394. The SMILES string of the molecule is CC[C@@H](Cc1cc(OC)c(C)cc1OC)NC(=S)Nc1ccccc1. The maximum Gasteiger partial charge on any atom is 0.171 e. The van der Waals surface area contributed by atoms with E-state index in [9.17, 15) is 0 Å². The van der Waals surface area contributed by atoms with Crippen molar-refractivity contribution in [1.29, 1.82) is 0 Å². The quantitative estimate of drug-likeness (QED) is 0.722. The van der Waals surface area contributed by atoms with Crippen LogP contribution in [0.25, 0.3) is 0 Å². The van der Waals surface area contributed by atoms with Crippen molar-refractivity contribution >= 4 is 23.0 Å². The molecule has 0 heterocycles. The van der Waals surface area contributed by atoms with Gasteiger partial charge in [-0.15, -0.1) is 0 Å². The molecule has 0 saturated carbocycles. The molecule has 2 aromatic carbocycles. The number of hydrogen-bond donors (Lipinski definition) is 2. The summed E-state index contributed by atoms with van der Waals surface area (Å²) in [5, 5.41) is 7.23. The fourth-order valence-corrected chi connectivity index (χ4v) is 2.99. The van der Waals surface area contributed by atoms with E-state index in [0.717, 1.165) is 41.2 Å². The number of ether oxygens (including phenoxy) is 2. The Bertz CT molecular complexity index is 704. The minimum atomic E-state index is 0.199. The van der Waals surface area contributed by atoms with Crippen LogP contribution in [0.3, 0.4) is 0 Å². The summed E-state index contributed by atoms with van der Waals surface area (Å²) in [6, 6.07) is 14.2. The highest BCUT2D eigenvalue weighted by atomic mass is 32.1. The largest absolute Gasteiger partial charge is 0.496 e. The Kier molecular flexibility index (Phi) is 7.07. The Morgan fingerprint density at radius 3 is 2.36 bits per heavy atom. The summed E-state index contributed by atoms with van der Waals surface area (Å²) in [4.78, 5) is 0. The molecular weight excluding hydrogens is 332 g/mol.